The number of carbonyl (C=O) groups excluding carboxylic acids is 2. The number of piperidine rings is 3. The zero-order valence-electron chi connectivity index (χ0n) is 25.1. The number of nitrogens with zero attached hydrogens (tertiary/aromatic N) is 3. The second-order valence-electron chi connectivity index (χ2n) is 12.8. The van der Waals surface area contributed by atoms with Gasteiger partial charge >= 0.3 is 6.09 Å². The highest BCUT2D eigenvalue weighted by Crippen LogP contribution is 2.53. The van der Waals surface area contributed by atoms with Gasteiger partial charge in [0.05, 0.1) is 17.0 Å². The second kappa shape index (κ2) is 12.4. The summed E-state index contributed by atoms with van der Waals surface area (Å²) in [5, 5.41) is 0.364. The van der Waals surface area contributed by atoms with E-state index in [9.17, 15) is 26.8 Å². The summed E-state index contributed by atoms with van der Waals surface area (Å²) in [7, 11) is -4.22. The number of primary amides is 1. The largest absolute Gasteiger partial charge is 0.441 e. The monoisotopic (exact) mass is 664 g/mol. The van der Waals surface area contributed by atoms with Gasteiger partial charge in [-0.15, -0.1) is 0 Å². The van der Waals surface area contributed by atoms with Gasteiger partial charge in [0.25, 0.3) is 0 Å². The number of halogens is 3. The Labute approximate surface area is 267 Å². The van der Waals surface area contributed by atoms with Gasteiger partial charge in [0.15, 0.2) is 0 Å². The average Bonchev–Trinajstić information content (AvgIpc) is 3.81. The quantitative estimate of drug-likeness (QED) is 0.426. The third-order valence-electron chi connectivity index (χ3n) is 10.1. The Kier molecular flexibility index (Phi) is 8.88. The van der Waals surface area contributed by atoms with Crippen molar-refractivity contribution in [2.24, 2.45) is 5.73 Å². The molecule has 0 spiro atoms. The summed E-state index contributed by atoms with van der Waals surface area (Å²) >= 11 is 6.05. The molecular formula is C32H39ClF2N4O5S. The van der Waals surface area contributed by atoms with Crippen molar-refractivity contribution < 1.29 is 31.5 Å². The summed E-state index contributed by atoms with van der Waals surface area (Å²) in [6, 6.07) is 7.20. The molecule has 6 rings (SSSR count). The molecule has 9 nitrogen and oxygen atoms in total. The molecule has 1 aliphatic carbocycles. The molecule has 244 valence electrons. The van der Waals surface area contributed by atoms with Crippen molar-refractivity contribution in [2.45, 2.75) is 92.3 Å². The van der Waals surface area contributed by atoms with Crippen LogP contribution in [0.4, 0.5) is 13.6 Å². The van der Waals surface area contributed by atoms with Crippen molar-refractivity contribution in [1.82, 2.24) is 14.1 Å². The van der Waals surface area contributed by atoms with Gasteiger partial charge in [0.1, 0.15) is 22.8 Å². The highest BCUT2D eigenvalue weighted by Gasteiger charge is 2.60. The average molecular weight is 665 g/mol. The molecule has 2 N–H and O–H groups in total. The Bertz CT molecular complexity index is 1520. The molecule has 0 radical (unpaired) electrons. The number of carbonyl (C=O) groups is 2. The molecule has 0 unspecified atom stereocenters. The smallest absolute Gasteiger partial charge is 0.410 e. The van der Waals surface area contributed by atoms with Gasteiger partial charge in [-0.05, 0) is 113 Å². The topological polar surface area (TPSA) is 113 Å². The first-order chi connectivity index (χ1) is 21.4. The van der Waals surface area contributed by atoms with Crippen LogP contribution < -0.4 is 5.73 Å². The molecular weight excluding hydrogens is 626 g/mol. The van der Waals surface area contributed by atoms with Crippen molar-refractivity contribution in [3.8, 4) is 0 Å². The highest BCUT2D eigenvalue weighted by atomic mass is 35.5. The minimum atomic E-state index is -4.22. The summed E-state index contributed by atoms with van der Waals surface area (Å²) in [4.78, 5) is 30.1. The van der Waals surface area contributed by atoms with Crippen LogP contribution in [0.5, 0.6) is 0 Å². The van der Waals surface area contributed by atoms with Gasteiger partial charge in [0.2, 0.25) is 15.9 Å². The van der Waals surface area contributed by atoms with E-state index in [1.165, 1.54) is 28.6 Å². The Morgan fingerprint density at radius 1 is 0.867 bits per heavy atom. The minimum Gasteiger partial charge on any atom is -0.441 e. The fraction of sp³-hybridized carbons (Fsp3) is 0.562. The minimum absolute atomic E-state index is 0.0145. The number of hydrogen-bond acceptors (Lipinski definition) is 6. The van der Waals surface area contributed by atoms with E-state index in [-0.39, 0.29) is 29.5 Å². The van der Waals surface area contributed by atoms with E-state index < -0.39 is 51.0 Å². The Hall–Kier alpha value is -2.80. The summed E-state index contributed by atoms with van der Waals surface area (Å²) in [5.74, 6) is -1.98. The first kappa shape index (κ1) is 32.2. The van der Waals surface area contributed by atoms with Gasteiger partial charge in [-0.3, -0.25) is 9.69 Å². The Balaban J connectivity index is 1.26. The van der Waals surface area contributed by atoms with Crippen molar-refractivity contribution in [1.29, 1.82) is 0 Å². The number of sulfonamides is 1. The second-order valence-corrected chi connectivity index (χ2v) is 15.1. The van der Waals surface area contributed by atoms with Crippen LogP contribution in [0, 0.1) is 11.6 Å². The zero-order chi connectivity index (χ0) is 32.0. The van der Waals surface area contributed by atoms with Crippen LogP contribution in [-0.4, -0.2) is 77.9 Å². The van der Waals surface area contributed by atoms with Crippen LogP contribution in [0.15, 0.2) is 47.4 Å². The molecule has 4 fully saturated rings. The normalized spacial score (nSPS) is 25.4. The number of hydrogen-bond donors (Lipinski definition) is 1. The standard InChI is InChI=1S/C32H39ClF2N4O5S/c33-23-7-9-26(10-8-23)45(42,43)39-27(22-19-24(34)21-25(35)20-22)5-4-6-28(39)32(11-12-32)44-30(41)37-17-13-31(14-18-37,29(36)40)38-15-2-1-3-16-38/h7-10,19-21,27-28H,1-6,11-18H2,(H2,36,40)/t27-,28+/m0/s1. The number of likely N-dealkylation sites (tertiary alicyclic amines) is 2. The molecule has 4 aliphatic rings. The maximum atomic E-state index is 14.4. The SMILES string of the molecule is NC(=O)C1(N2CCCCC2)CCN(C(=O)OC2([C@H]3CCC[C@@H](c4cc(F)cc(F)c4)N3S(=O)(=O)c3ccc(Cl)cc3)CC2)CC1. The van der Waals surface area contributed by atoms with Gasteiger partial charge in [-0.25, -0.2) is 22.0 Å². The molecule has 13 heteroatoms. The van der Waals surface area contributed by atoms with Gasteiger partial charge in [0, 0.05) is 24.2 Å². The van der Waals surface area contributed by atoms with E-state index in [2.05, 4.69) is 4.90 Å². The lowest BCUT2D eigenvalue weighted by Crippen LogP contribution is -2.64. The molecule has 2 aromatic rings. The number of benzene rings is 2. The fourth-order valence-corrected chi connectivity index (χ4v) is 9.62. The predicted octanol–water partition coefficient (Wildman–Crippen LogP) is 5.38. The van der Waals surface area contributed by atoms with E-state index in [0.29, 0.717) is 50.0 Å². The molecule has 2 aromatic carbocycles. The molecule has 0 bridgehead atoms. The van der Waals surface area contributed by atoms with Crippen LogP contribution in [0.2, 0.25) is 5.02 Å². The molecule has 1 saturated carbocycles. The van der Waals surface area contributed by atoms with Crippen LogP contribution in [0.1, 0.15) is 75.8 Å². The maximum Gasteiger partial charge on any atom is 0.410 e. The third kappa shape index (κ3) is 6.18. The maximum absolute atomic E-state index is 14.4. The van der Waals surface area contributed by atoms with Crippen molar-refractivity contribution in [2.75, 3.05) is 26.2 Å². The fourth-order valence-electron chi connectivity index (χ4n) is 7.58. The summed E-state index contributed by atoms with van der Waals surface area (Å²) in [6.07, 6.45) is 5.59. The van der Waals surface area contributed by atoms with Crippen LogP contribution in [0.25, 0.3) is 0 Å². The molecule has 2 atom stereocenters. The van der Waals surface area contributed by atoms with E-state index in [0.717, 1.165) is 50.6 Å². The summed E-state index contributed by atoms with van der Waals surface area (Å²) in [5.41, 5.74) is 4.24. The molecule has 0 aromatic heterocycles. The highest BCUT2D eigenvalue weighted by molar-refractivity contribution is 7.89. The van der Waals surface area contributed by atoms with Crippen LogP contribution >= 0.6 is 11.6 Å². The Morgan fingerprint density at radius 2 is 1.49 bits per heavy atom. The number of amides is 2. The van der Waals surface area contributed by atoms with Gasteiger partial charge in [-0.1, -0.05) is 18.0 Å². The zero-order valence-corrected chi connectivity index (χ0v) is 26.7. The molecule has 3 aliphatic heterocycles. The lowest BCUT2D eigenvalue weighted by atomic mass is 9.83. The van der Waals surface area contributed by atoms with Crippen molar-refractivity contribution in [3.63, 3.8) is 0 Å². The first-order valence-corrected chi connectivity index (χ1v) is 17.6. The summed E-state index contributed by atoms with van der Waals surface area (Å²) < 4.78 is 64.9. The molecule has 3 saturated heterocycles. The van der Waals surface area contributed by atoms with E-state index in [4.69, 9.17) is 22.1 Å². The van der Waals surface area contributed by atoms with E-state index in [1.807, 2.05) is 0 Å². The lowest BCUT2D eigenvalue weighted by Gasteiger charge is -2.48. The molecule has 3 heterocycles. The van der Waals surface area contributed by atoms with Crippen molar-refractivity contribution >= 4 is 33.6 Å². The first-order valence-electron chi connectivity index (χ1n) is 15.7. The summed E-state index contributed by atoms with van der Waals surface area (Å²) in [6.45, 7) is 2.17. The van der Waals surface area contributed by atoms with E-state index in [1.54, 1.807) is 4.90 Å². The van der Waals surface area contributed by atoms with Crippen LogP contribution in [-0.2, 0) is 19.6 Å². The number of ether oxygens (including phenoxy) is 1. The van der Waals surface area contributed by atoms with Crippen molar-refractivity contribution in [3.05, 3.63) is 64.7 Å². The predicted molar refractivity (Wildman–Crippen MR) is 164 cm³/mol. The third-order valence-corrected chi connectivity index (χ3v) is 12.3. The van der Waals surface area contributed by atoms with Gasteiger partial charge in [-0.2, -0.15) is 4.31 Å². The number of nitrogens with two attached hydrogens (primary N) is 1. The molecule has 45 heavy (non-hydrogen) atoms. The number of rotatable bonds is 7. The van der Waals surface area contributed by atoms with E-state index >= 15 is 0 Å². The van der Waals surface area contributed by atoms with Gasteiger partial charge < -0.3 is 15.4 Å². The Morgan fingerprint density at radius 3 is 2.07 bits per heavy atom. The van der Waals surface area contributed by atoms with Crippen LogP contribution in [0.3, 0.4) is 0 Å². The molecule has 2 amide bonds. The lowest BCUT2D eigenvalue weighted by molar-refractivity contribution is -0.134.